The number of rotatable bonds is 5. The van der Waals surface area contributed by atoms with Crippen molar-refractivity contribution in [2.75, 3.05) is 19.6 Å². The average molecular weight is 214 g/mol. The summed E-state index contributed by atoms with van der Waals surface area (Å²) in [4.78, 5) is 11.7. The van der Waals surface area contributed by atoms with E-state index in [2.05, 4.69) is 17.6 Å². The van der Waals surface area contributed by atoms with E-state index in [1.807, 2.05) is 6.92 Å². The molecule has 1 fully saturated rings. The number of nitrogens with one attached hydrogen (secondary N) is 2. The quantitative estimate of drug-likeness (QED) is 0.609. The predicted molar refractivity (Wildman–Crippen MR) is 59.4 cm³/mol. The maximum absolute atomic E-state index is 11.7. The molecule has 1 aliphatic rings. The van der Waals surface area contributed by atoms with E-state index < -0.39 is 6.10 Å². The van der Waals surface area contributed by atoms with Crippen LogP contribution in [-0.4, -0.2) is 36.8 Å². The van der Waals surface area contributed by atoms with Crippen molar-refractivity contribution in [2.45, 2.75) is 32.8 Å². The third kappa shape index (κ3) is 3.80. The number of amides is 1. The van der Waals surface area contributed by atoms with Crippen molar-refractivity contribution in [1.29, 1.82) is 0 Å². The molecule has 1 aliphatic heterocycles. The molecule has 1 rings (SSSR count). The molecule has 0 aromatic carbocycles. The van der Waals surface area contributed by atoms with Gasteiger partial charge in [0.05, 0.1) is 12.0 Å². The topological polar surface area (TPSA) is 61.4 Å². The number of hydrogen-bond acceptors (Lipinski definition) is 3. The third-order valence-corrected chi connectivity index (χ3v) is 2.99. The first-order chi connectivity index (χ1) is 7.15. The molecule has 0 aromatic heterocycles. The Kier molecular flexibility index (Phi) is 5.05. The van der Waals surface area contributed by atoms with Gasteiger partial charge in [0, 0.05) is 13.1 Å². The van der Waals surface area contributed by atoms with Crippen molar-refractivity contribution < 1.29 is 9.90 Å². The highest BCUT2D eigenvalue weighted by Gasteiger charge is 2.29. The van der Waals surface area contributed by atoms with E-state index in [0.29, 0.717) is 12.5 Å². The molecule has 4 nitrogen and oxygen atoms in total. The van der Waals surface area contributed by atoms with Gasteiger partial charge in [0.1, 0.15) is 0 Å². The van der Waals surface area contributed by atoms with Gasteiger partial charge in [0.2, 0.25) is 5.91 Å². The molecule has 0 aliphatic carbocycles. The summed E-state index contributed by atoms with van der Waals surface area (Å²) in [6.07, 6.45) is 1.29. The maximum atomic E-state index is 11.7. The van der Waals surface area contributed by atoms with Crippen LogP contribution in [0.1, 0.15) is 26.7 Å². The van der Waals surface area contributed by atoms with Gasteiger partial charge >= 0.3 is 0 Å². The second kappa shape index (κ2) is 6.08. The zero-order valence-electron chi connectivity index (χ0n) is 9.62. The molecule has 4 heteroatoms. The smallest absolute Gasteiger partial charge is 0.224 e. The van der Waals surface area contributed by atoms with Crippen LogP contribution in [-0.2, 0) is 4.79 Å². The summed E-state index contributed by atoms with van der Waals surface area (Å²) in [5, 5.41) is 15.5. The molecule has 1 heterocycles. The molecule has 1 amide bonds. The minimum Gasteiger partial charge on any atom is -0.391 e. The maximum Gasteiger partial charge on any atom is 0.224 e. The van der Waals surface area contributed by atoms with Crippen molar-refractivity contribution in [2.24, 2.45) is 11.8 Å². The summed E-state index contributed by atoms with van der Waals surface area (Å²) in [7, 11) is 0. The minimum absolute atomic E-state index is 0.0684. The lowest BCUT2D eigenvalue weighted by Gasteiger charge is -2.16. The predicted octanol–water partition coefficient (Wildman–Crippen LogP) is 0.119. The standard InChI is InChI=1S/C11H22N2O2/c1-3-4-9(14)6-13-11(15)10-7-12-5-8(10)2/h8-10,12,14H,3-7H2,1-2H3,(H,13,15)/t8-,9?,10-/m1/s1. The summed E-state index contributed by atoms with van der Waals surface area (Å²) in [6.45, 7) is 6.16. The second-order valence-electron chi connectivity index (χ2n) is 4.43. The zero-order chi connectivity index (χ0) is 11.3. The summed E-state index contributed by atoms with van der Waals surface area (Å²) in [6, 6.07) is 0. The highest BCUT2D eigenvalue weighted by atomic mass is 16.3. The van der Waals surface area contributed by atoms with E-state index >= 15 is 0 Å². The van der Waals surface area contributed by atoms with Gasteiger partial charge in [-0.25, -0.2) is 0 Å². The van der Waals surface area contributed by atoms with Gasteiger partial charge in [-0.3, -0.25) is 4.79 Å². The number of carbonyl (C=O) groups is 1. The van der Waals surface area contributed by atoms with Crippen molar-refractivity contribution in [3.8, 4) is 0 Å². The summed E-state index contributed by atoms with van der Waals surface area (Å²) < 4.78 is 0. The summed E-state index contributed by atoms with van der Waals surface area (Å²) in [5.74, 6) is 0.537. The highest BCUT2D eigenvalue weighted by molar-refractivity contribution is 5.79. The van der Waals surface area contributed by atoms with E-state index in [1.165, 1.54) is 0 Å². The van der Waals surface area contributed by atoms with Gasteiger partial charge in [-0.15, -0.1) is 0 Å². The number of aliphatic hydroxyl groups excluding tert-OH is 1. The Hall–Kier alpha value is -0.610. The summed E-state index contributed by atoms with van der Waals surface area (Å²) >= 11 is 0. The largest absolute Gasteiger partial charge is 0.391 e. The average Bonchev–Trinajstić information content (AvgIpc) is 2.61. The number of aliphatic hydroxyl groups is 1. The van der Waals surface area contributed by atoms with Crippen molar-refractivity contribution >= 4 is 5.91 Å². The molecule has 15 heavy (non-hydrogen) atoms. The first kappa shape index (κ1) is 12.5. The SMILES string of the molecule is CCCC(O)CNC(=O)[C@@H]1CNC[C@H]1C. The zero-order valence-corrected chi connectivity index (χ0v) is 9.62. The molecular weight excluding hydrogens is 192 g/mol. The lowest BCUT2D eigenvalue weighted by atomic mass is 9.97. The first-order valence-electron chi connectivity index (χ1n) is 5.81. The molecule has 0 spiro atoms. The molecule has 1 saturated heterocycles. The van der Waals surface area contributed by atoms with Gasteiger partial charge in [-0.05, 0) is 18.9 Å². The fourth-order valence-electron chi connectivity index (χ4n) is 1.95. The lowest BCUT2D eigenvalue weighted by Crippen LogP contribution is -2.38. The molecule has 88 valence electrons. The molecule has 1 unspecified atom stereocenters. The Morgan fingerprint density at radius 3 is 2.87 bits per heavy atom. The van der Waals surface area contributed by atoms with Gasteiger partial charge in [-0.2, -0.15) is 0 Å². The Morgan fingerprint density at radius 1 is 1.60 bits per heavy atom. The van der Waals surface area contributed by atoms with E-state index in [4.69, 9.17) is 0 Å². The van der Waals surface area contributed by atoms with Gasteiger partial charge in [0.25, 0.3) is 0 Å². The van der Waals surface area contributed by atoms with Crippen molar-refractivity contribution in [1.82, 2.24) is 10.6 Å². The molecule has 0 bridgehead atoms. The van der Waals surface area contributed by atoms with Gasteiger partial charge in [-0.1, -0.05) is 20.3 Å². The Balaban J connectivity index is 2.23. The number of carbonyl (C=O) groups excluding carboxylic acids is 1. The molecule has 3 N–H and O–H groups in total. The van der Waals surface area contributed by atoms with E-state index in [9.17, 15) is 9.90 Å². The molecule has 0 aromatic rings. The van der Waals surface area contributed by atoms with Crippen LogP contribution in [0.2, 0.25) is 0 Å². The van der Waals surface area contributed by atoms with Crippen LogP contribution in [0, 0.1) is 11.8 Å². The summed E-state index contributed by atoms with van der Waals surface area (Å²) in [5.41, 5.74) is 0. The first-order valence-corrected chi connectivity index (χ1v) is 5.81. The fraction of sp³-hybridized carbons (Fsp3) is 0.909. The molecular formula is C11H22N2O2. The van der Waals surface area contributed by atoms with Crippen LogP contribution in [0.25, 0.3) is 0 Å². The Bertz CT molecular complexity index is 209. The van der Waals surface area contributed by atoms with E-state index in [-0.39, 0.29) is 11.8 Å². The highest BCUT2D eigenvalue weighted by Crippen LogP contribution is 2.15. The van der Waals surface area contributed by atoms with Crippen LogP contribution < -0.4 is 10.6 Å². The second-order valence-corrected chi connectivity index (χ2v) is 4.43. The van der Waals surface area contributed by atoms with E-state index in [1.54, 1.807) is 0 Å². The van der Waals surface area contributed by atoms with Crippen LogP contribution in [0.5, 0.6) is 0 Å². The minimum atomic E-state index is -0.399. The Labute approximate surface area is 91.4 Å². The fourth-order valence-corrected chi connectivity index (χ4v) is 1.95. The third-order valence-electron chi connectivity index (χ3n) is 2.99. The van der Waals surface area contributed by atoms with Crippen LogP contribution in [0.4, 0.5) is 0 Å². The van der Waals surface area contributed by atoms with Gasteiger partial charge in [0.15, 0.2) is 0 Å². The molecule has 0 radical (unpaired) electrons. The normalized spacial score (nSPS) is 27.7. The van der Waals surface area contributed by atoms with Crippen LogP contribution >= 0.6 is 0 Å². The van der Waals surface area contributed by atoms with E-state index in [0.717, 1.165) is 25.9 Å². The van der Waals surface area contributed by atoms with Crippen LogP contribution in [0.15, 0.2) is 0 Å². The monoisotopic (exact) mass is 214 g/mol. The van der Waals surface area contributed by atoms with Gasteiger partial charge < -0.3 is 15.7 Å². The molecule has 0 saturated carbocycles. The number of hydrogen-bond donors (Lipinski definition) is 3. The lowest BCUT2D eigenvalue weighted by molar-refractivity contribution is -0.125. The van der Waals surface area contributed by atoms with Crippen LogP contribution in [0.3, 0.4) is 0 Å². The van der Waals surface area contributed by atoms with Crippen molar-refractivity contribution in [3.63, 3.8) is 0 Å². The van der Waals surface area contributed by atoms with Crippen molar-refractivity contribution in [3.05, 3.63) is 0 Å². The Morgan fingerprint density at radius 2 is 2.33 bits per heavy atom. The molecule has 3 atom stereocenters.